The Balaban J connectivity index is 1.58. The van der Waals surface area contributed by atoms with E-state index < -0.39 is 0 Å². The minimum atomic E-state index is -0.145. The van der Waals surface area contributed by atoms with Crippen LogP contribution in [0.1, 0.15) is 47.1 Å². The molecular weight excluding hydrogens is 346 g/mol. The monoisotopic (exact) mass is 367 g/mol. The maximum absolute atomic E-state index is 12.4. The van der Waals surface area contributed by atoms with Crippen molar-refractivity contribution in [1.82, 2.24) is 8.75 Å². The molecule has 0 radical (unpaired) electrons. The molecule has 1 heterocycles. The summed E-state index contributed by atoms with van der Waals surface area (Å²) in [5.74, 6) is 1.01. The number of rotatable bonds is 6. The number of amides is 1. The van der Waals surface area contributed by atoms with Gasteiger partial charge in [-0.2, -0.15) is 8.75 Å². The molecule has 0 unspecified atom stereocenters. The Bertz CT molecular complexity index is 871. The van der Waals surface area contributed by atoms with Crippen molar-refractivity contribution in [3.8, 4) is 5.75 Å². The van der Waals surface area contributed by atoms with E-state index in [0.29, 0.717) is 23.8 Å². The first-order valence-corrected chi connectivity index (χ1v) is 9.18. The molecule has 0 atom stereocenters. The number of aryl methyl sites for hydroxylation is 1. The first-order chi connectivity index (χ1) is 12.5. The van der Waals surface area contributed by atoms with Crippen LogP contribution in [0.5, 0.6) is 5.75 Å². The molecule has 0 aliphatic heterocycles. The summed E-state index contributed by atoms with van der Waals surface area (Å²) in [5, 5.41) is 2.91. The lowest BCUT2D eigenvalue weighted by Gasteiger charge is -2.09. The average Bonchev–Trinajstić information content (AvgIpc) is 3.06. The van der Waals surface area contributed by atoms with E-state index in [-0.39, 0.29) is 5.91 Å². The van der Waals surface area contributed by atoms with Gasteiger partial charge in [0.2, 0.25) is 0 Å². The molecule has 0 saturated carbocycles. The lowest BCUT2D eigenvalue weighted by atomic mass is 10.0. The van der Waals surface area contributed by atoms with Crippen LogP contribution in [0.3, 0.4) is 0 Å². The molecule has 0 aliphatic carbocycles. The van der Waals surface area contributed by atoms with E-state index >= 15 is 0 Å². The first-order valence-electron chi connectivity index (χ1n) is 8.45. The Kier molecular flexibility index (Phi) is 5.63. The topological polar surface area (TPSA) is 64.1 Å². The van der Waals surface area contributed by atoms with E-state index in [4.69, 9.17) is 4.74 Å². The summed E-state index contributed by atoms with van der Waals surface area (Å²) in [6.45, 7) is 6.56. The minimum Gasteiger partial charge on any atom is -0.487 e. The van der Waals surface area contributed by atoms with Gasteiger partial charge in [-0.3, -0.25) is 4.79 Å². The highest BCUT2D eigenvalue weighted by atomic mass is 32.1. The van der Waals surface area contributed by atoms with Crippen molar-refractivity contribution in [2.45, 2.75) is 33.3 Å². The molecule has 0 aliphatic rings. The number of carbonyl (C=O) groups is 1. The van der Waals surface area contributed by atoms with E-state index in [1.54, 1.807) is 24.3 Å². The maximum Gasteiger partial charge on any atom is 0.255 e. The average molecular weight is 367 g/mol. The Hall–Kier alpha value is -2.73. The number of benzene rings is 2. The summed E-state index contributed by atoms with van der Waals surface area (Å²) in [6.07, 6.45) is 0. The number of carbonyl (C=O) groups excluding carboxylic acids is 1. The van der Waals surface area contributed by atoms with Crippen molar-refractivity contribution in [3.63, 3.8) is 0 Å². The lowest BCUT2D eigenvalue weighted by molar-refractivity contribution is 0.102. The van der Waals surface area contributed by atoms with Crippen LogP contribution >= 0.6 is 11.7 Å². The number of anilines is 1. The lowest BCUT2D eigenvalue weighted by Crippen LogP contribution is -2.11. The predicted octanol–water partition coefficient (Wildman–Crippen LogP) is 4.80. The van der Waals surface area contributed by atoms with Crippen LogP contribution in [0.4, 0.5) is 5.69 Å². The molecule has 1 aromatic heterocycles. The van der Waals surface area contributed by atoms with Crippen molar-refractivity contribution in [1.29, 1.82) is 0 Å². The zero-order chi connectivity index (χ0) is 18.5. The second-order valence-corrected chi connectivity index (χ2v) is 6.87. The van der Waals surface area contributed by atoms with Crippen molar-refractivity contribution >= 4 is 23.3 Å². The van der Waals surface area contributed by atoms with E-state index in [9.17, 15) is 4.79 Å². The van der Waals surface area contributed by atoms with Gasteiger partial charge in [-0.05, 0) is 54.8 Å². The highest BCUT2D eigenvalue weighted by Crippen LogP contribution is 2.19. The maximum atomic E-state index is 12.4. The van der Waals surface area contributed by atoms with Crippen molar-refractivity contribution in [2.24, 2.45) is 0 Å². The van der Waals surface area contributed by atoms with Gasteiger partial charge in [-0.15, -0.1) is 0 Å². The van der Waals surface area contributed by atoms with Crippen LogP contribution in [-0.2, 0) is 6.61 Å². The minimum absolute atomic E-state index is 0.145. The molecule has 0 saturated heterocycles. The number of aromatic nitrogens is 2. The van der Waals surface area contributed by atoms with Gasteiger partial charge in [0, 0.05) is 11.3 Å². The number of nitrogens with one attached hydrogen (secondary N) is 1. The fourth-order valence-electron chi connectivity index (χ4n) is 2.39. The summed E-state index contributed by atoms with van der Waals surface area (Å²) in [4.78, 5) is 12.4. The summed E-state index contributed by atoms with van der Waals surface area (Å²) < 4.78 is 14.0. The van der Waals surface area contributed by atoms with Crippen LogP contribution in [0.15, 0.2) is 48.5 Å². The SMILES string of the molecule is Cc1nsnc1COc1ccc(C(=O)Nc2ccc(C(C)C)cc2)cc1. The van der Waals surface area contributed by atoms with Gasteiger partial charge in [0.1, 0.15) is 18.1 Å². The van der Waals surface area contributed by atoms with Gasteiger partial charge in [0.05, 0.1) is 17.4 Å². The molecule has 5 nitrogen and oxygen atoms in total. The van der Waals surface area contributed by atoms with Gasteiger partial charge < -0.3 is 10.1 Å². The molecule has 2 aromatic carbocycles. The summed E-state index contributed by atoms with van der Waals surface area (Å²) in [6, 6.07) is 15.0. The standard InChI is InChI=1S/C20H21N3O2S/c1-13(2)15-4-8-17(9-5-15)21-20(24)16-6-10-18(11-7-16)25-12-19-14(3)22-26-23-19/h4-11,13H,12H2,1-3H3,(H,21,24). The second-order valence-electron chi connectivity index (χ2n) is 6.34. The summed E-state index contributed by atoms with van der Waals surface area (Å²) in [7, 11) is 0. The Morgan fingerprint density at radius 1 is 1.08 bits per heavy atom. The van der Waals surface area contributed by atoms with Gasteiger partial charge in [0.25, 0.3) is 5.91 Å². The van der Waals surface area contributed by atoms with Gasteiger partial charge in [0.15, 0.2) is 0 Å². The third-order valence-electron chi connectivity index (χ3n) is 4.07. The van der Waals surface area contributed by atoms with E-state index in [1.807, 2.05) is 31.2 Å². The van der Waals surface area contributed by atoms with Crippen LogP contribution in [0, 0.1) is 6.92 Å². The number of hydrogen-bond acceptors (Lipinski definition) is 5. The Morgan fingerprint density at radius 2 is 1.77 bits per heavy atom. The van der Waals surface area contributed by atoms with E-state index in [2.05, 4.69) is 27.9 Å². The molecule has 26 heavy (non-hydrogen) atoms. The molecule has 0 spiro atoms. The Morgan fingerprint density at radius 3 is 2.35 bits per heavy atom. The van der Waals surface area contributed by atoms with Crippen LogP contribution in [-0.4, -0.2) is 14.7 Å². The molecule has 1 amide bonds. The Labute approximate surface area is 157 Å². The molecule has 134 valence electrons. The molecule has 6 heteroatoms. The zero-order valence-electron chi connectivity index (χ0n) is 15.0. The van der Waals surface area contributed by atoms with E-state index in [0.717, 1.165) is 17.1 Å². The number of ether oxygens (including phenoxy) is 1. The fraction of sp³-hybridized carbons (Fsp3) is 0.250. The fourth-order valence-corrected chi connectivity index (χ4v) is 2.94. The summed E-state index contributed by atoms with van der Waals surface area (Å²) >= 11 is 1.18. The predicted molar refractivity (Wildman–Crippen MR) is 104 cm³/mol. The molecular formula is C20H21N3O2S. The van der Waals surface area contributed by atoms with E-state index in [1.165, 1.54) is 17.3 Å². The third kappa shape index (κ3) is 4.46. The molecule has 0 fully saturated rings. The van der Waals surface area contributed by atoms with Gasteiger partial charge in [-0.25, -0.2) is 0 Å². The zero-order valence-corrected chi connectivity index (χ0v) is 15.8. The quantitative estimate of drug-likeness (QED) is 0.679. The molecule has 3 aromatic rings. The largest absolute Gasteiger partial charge is 0.487 e. The molecule has 0 bridgehead atoms. The van der Waals surface area contributed by atoms with Gasteiger partial charge >= 0.3 is 0 Å². The second kappa shape index (κ2) is 8.10. The van der Waals surface area contributed by atoms with Crippen molar-refractivity contribution in [2.75, 3.05) is 5.32 Å². The van der Waals surface area contributed by atoms with Gasteiger partial charge in [-0.1, -0.05) is 26.0 Å². The summed E-state index contributed by atoms with van der Waals surface area (Å²) in [5.41, 5.74) is 4.33. The highest BCUT2D eigenvalue weighted by Gasteiger charge is 2.08. The molecule has 3 rings (SSSR count). The third-order valence-corrected chi connectivity index (χ3v) is 4.73. The van der Waals surface area contributed by atoms with Crippen molar-refractivity contribution < 1.29 is 9.53 Å². The van der Waals surface area contributed by atoms with Crippen molar-refractivity contribution in [3.05, 3.63) is 71.0 Å². The van der Waals surface area contributed by atoms with Crippen LogP contribution < -0.4 is 10.1 Å². The first kappa shape index (κ1) is 18.1. The number of hydrogen-bond donors (Lipinski definition) is 1. The van der Waals surface area contributed by atoms with Crippen LogP contribution in [0.2, 0.25) is 0 Å². The highest BCUT2D eigenvalue weighted by molar-refractivity contribution is 6.99. The molecule has 1 N–H and O–H groups in total. The normalized spacial score (nSPS) is 10.8. The smallest absolute Gasteiger partial charge is 0.255 e. The van der Waals surface area contributed by atoms with Crippen LogP contribution in [0.25, 0.3) is 0 Å². The number of nitrogens with zero attached hydrogens (tertiary/aromatic N) is 2.